The van der Waals surface area contributed by atoms with Crippen molar-refractivity contribution < 1.29 is 9.53 Å². The molecule has 84 valence electrons. The molecule has 1 aliphatic rings. The van der Waals surface area contributed by atoms with Gasteiger partial charge in [-0.3, -0.25) is 10.1 Å². The molecule has 14 heavy (non-hydrogen) atoms. The van der Waals surface area contributed by atoms with Gasteiger partial charge >= 0.3 is 5.97 Å². The zero-order valence-electron chi connectivity index (χ0n) is 8.75. The number of nitrogens with one attached hydrogen (secondary N) is 1. The predicted octanol–water partition coefficient (Wildman–Crippen LogP) is 2.10. The van der Waals surface area contributed by atoms with Crippen molar-refractivity contribution in [3.63, 3.8) is 0 Å². The number of hydrogen-bond acceptors (Lipinski definition) is 3. The third-order valence-electron chi connectivity index (χ3n) is 2.50. The molecule has 1 N–H and O–H groups in total. The van der Waals surface area contributed by atoms with Gasteiger partial charge in [-0.15, -0.1) is 12.4 Å². The van der Waals surface area contributed by atoms with Gasteiger partial charge in [0, 0.05) is 0 Å². The fourth-order valence-electron chi connectivity index (χ4n) is 1.68. The molecule has 1 fully saturated rings. The van der Waals surface area contributed by atoms with Crippen molar-refractivity contribution in [2.45, 2.75) is 39.0 Å². The normalized spacial score (nSPS) is 17.2. The molecule has 1 rings (SSSR count). The van der Waals surface area contributed by atoms with Gasteiger partial charge in [0.25, 0.3) is 0 Å². The number of hydrogen-bond donors (Lipinski definition) is 1. The van der Waals surface area contributed by atoms with Crippen LogP contribution in [0.3, 0.4) is 0 Å². The second-order valence-corrected chi connectivity index (χ2v) is 3.55. The third kappa shape index (κ3) is 4.82. The van der Waals surface area contributed by atoms with E-state index in [0.717, 1.165) is 19.4 Å². The minimum absolute atomic E-state index is 0. The number of carbonyl (C=O) groups is 1. The lowest BCUT2D eigenvalue weighted by Gasteiger charge is -2.19. The predicted molar refractivity (Wildman–Crippen MR) is 58.5 cm³/mol. The average Bonchev–Trinajstić information content (AvgIpc) is 2.19. The Hall–Kier alpha value is -0.280. The van der Waals surface area contributed by atoms with Gasteiger partial charge in [0.15, 0.2) is 0 Å². The molecule has 4 heteroatoms. The van der Waals surface area contributed by atoms with E-state index >= 15 is 0 Å². The Balaban J connectivity index is 0.00000169. The molecule has 0 atom stereocenters. The molecule has 0 radical (unpaired) electrons. The molecule has 1 aliphatic carbocycles. The molecule has 0 spiro atoms. The van der Waals surface area contributed by atoms with Gasteiger partial charge in [-0.1, -0.05) is 26.2 Å². The van der Waals surface area contributed by atoms with Crippen LogP contribution in [0.15, 0.2) is 0 Å². The van der Waals surface area contributed by atoms with Gasteiger partial charge < -0.3 is 4.74 Å². The maximum absolute atomic E-state index is 11.4. The molecule has 0 unspecified atom stereocenters. The zero-order valence-corrected chi connectivity index (χ0v) is 9.57. The molecule has 0 bridgehead atoms. The molecular weight excluding hydrogens is 202 g/mol. The maximum atomic E-state index is 11.4. The van der Waals surface area contributed by atoms with Crippen LogP contribution in [0.25, 0.3) is 0 Å². The highest BCUT2D eigenvalue weighted by molar-refractivity contribution is 5.85. The lowest BCUT2D eigenvalue weighted by molar-refractivity contribution is -0.150. The lowest BCUT2D eigenvalue weighted by atomic mass is 9.89. The van der Waals surface area contributed by atoms with Crippen LogP contribution in [0.5, 0.6) is 0 Å². The van der Waals surface area contributed by atoms with E-state index in [2.05, 4.69) is 5.32 Å². The number of ether oxygens (including phenoxy) is 1. The van der Waals surface area contributed by atoms with Crippen molar-refractivity contribution >= 4 is 18.4 Å². The first-order valence-electron chi connectivity index (χ1n) is 5.22. The smallest absolute Gasteiger partial charge is 0.310 e. The van der Waals surface area contributed by atoms with E-state index in [0.29, 0.717) is 6.73 Å². The summed E-state index contributed by atoms with van der Waals surface area (Å²) in [5, 5.41) is 2.98. The molecule has 0 aliphatic heterocycles. The molecular formula is C10H20ClNO2. The molecule has 1 saturated carbocycles. The number of rotatable bonds is 4. The highest BCUT2D eigenvalue weighted by atomic mass is 35.5. The Morgan fingerprint density at radius 2 is 2.00 bits per heavy atom. The fourth-order valence-corrected chi connectivity index (χ4v) is 1.68. The molecule has 0 aromatic carbocycles. The zero-order chi connectivity index (χ0) is 9.52. The standard InChI is InChI=1S/C10H19NO2.ClH/c1-2-11-8-13-10(12)9-6-4-3-5-7-9;/h9,11H,2-8H2,1H3;1H. The van der Waals surface area contributed by atoms with Crippen molar-refractivity contribution in [2.24, 2.45) is 5.92 Å². The summed E-state index contributed by atoms with van der Waals surface area (Å²) in [7, 11) is 0. The third-order valence-corrected chi connectivity index (χ3v) is 2.50. The van der Waals surface area contributed by atoms with Gasteiger partial charge in [-0.05, 0) is 19.4 Å². The van der Waals surface area contributed by atoms with Crippen LogP contribution >= 0.6 is 12.4 Å². The van der Waals surface area contributed by atoms with Crippen LogP contribution in [0.4, 0.5) is 0 Å². The Bertz CT molecular complexity index is 158. The number of carbonyl (C=O) groups excluding carboxylic acids is 1. The summed E-state index contributed by atoms with van der Waals surface area (Å²) in [6.07, 6.45) is 5.68. The van der Waals surface area contributed by atoms with Gasteiger partial charge in [0.05, 0.1) is 5.92 Å². The van der Waals surface area contributed by atoms with Gasteiger partial charge in [0.2, 0.25) is 0 Å². The topological polar surface area (TPSA) is 38.3 Å². The summed E-state index contributed by atoms with van der Waals surface area (Å²) in [4.78, 5) is 11.4. The molecule has 0 amide bonds. The largest absolute Gasteiger partial charge is 0.450 e. The molecule has 0 saturated heterocycles. The monoisotopic (exact) mass is 221 g/mol. The van der Waals surface area contributed by atoms with Crippen molar-refractivity contribution in [3.8, 4) is 0 Å². The van der Waals surface area contributed by atoms with Gasteiger partial charge in [-0.2, -0.15) is 0 Å². The van der Waals surface area contributed by atoms with E-state index in [1.54, 1.807) is 0 Å². The first-order valence-corrected chi connectivity index (χ1v) is 5.22. The number of halogens is 1. The van der Waals surface area contributed by atoms with Crippen LogP contribution in [0.1, 0.15) is 39.0 Å². The first kappa shape index (κ1) is 13.7. The van der Waals surface area contributed by atoms with Gasteiger partial charge in [-0.25, -0.2) is 0 Å². The van der Waals surface area contributed by atoms with Crippen LogP contribution in [0.2, 0.25) is 0 Å². The Kier molecular flexibility index (Phi) is 7.90. The molecule has 0 aromatic rings. The summed E-state index contributed by atoms with van der Waals surface area (Å²) < 4.78 is 5.07. The van der Waals surface area contributed by atoms with Crippen molar-refractivity contribution in [1.29, 1.82) is 0 Å². The van der Waals surface area contributed by atoms with Crippen molar-refractivity contribution in [1.82, 2.24) is 5.32 Å². The second kappa shape index (κ2) is 8.06. The van der Waals surface area contributed by atoms with Crippen LogP contribution < -0.4 is 5.32 Å². The van der Waals surface area contributed by atoms with Crippen molar-refractivity contribution in [3.05, 3.63) is 0 Å². The number of esters is 1. The summed E-state index contributed by atoms with van der Waals surface area (Å²) >= 11 is 0. The Labute approximate surface area is 92.0 Å². The molecule has 0 aromatic heterocycles. The van der Waals surface area contributed by atoms with E-state index in [-0.39, 0.29) is 24.3 Å². The molecule has 3 nitrogen and oxygen atoms in total. The summed E-state index contributed by atoms with van der Waals surface area (Å²) in [5.74, 6) is 0.160. The van der Waals surface area contributed by atoms with E-state index < -0.39 is 0 Å². The van der Waals surface area contributed by atoms with E-state index in [1.807, 2.05) is 6.92 Å². The van der Waals surface area contributed by atoms with Gasteiger partial charge in [0.1, 0.15) is 6.73 Å². The first-order chi connectivity index (χ1) is 6.34. The van der Waals surface area contributed by atoms with Crippen LogP contribution in [-0.2, 0) is 9.53 Å². The highest BCUT2D eigenvalue weighted by Gasteiger charge is 2.21. The second-order valence-electron chi connectivity index (χ2n) is 3.55. The Morgan fingerprint density at radius 1 is 1.36 bits per heavy atom. The lowest BCUT2D eigenvalue weighted by Crippen LogP contribution is -2.26. The maximum Gasteiger partial charge on any atom is 0.310 e. The van der Waals surface area contributed by atoms with Crippen LogP contribution in [-0.4, -0.2) is 19.2 Å². The minimum Gasteiger partial charge on any atom is -0.450 e. The minimum atomic E-state index is -0.0133. The summed E-state index contributed by atoms with van der Waals surface area (Å²) in [6, 6.07) is 0. The summed E-state index contributed by atoms with van der Waals surface area (Å²) in [5.41, 5.74) is 0. The van der Waals surface area contributed by atoms with E-state index in [1.165, 1.54) is 19.3 Å². The SMILES string of the molecule is CCNCOC(=O)C1CCCCC1.Cl. The highest BCUT2D eigenvalue weighted by Crippen LogP contribution is 2.24. The quantitative estimate of drug-likeness (QED) is 0.449. The average molecular weight is 222 g/mol. The molecule has 0 heterocycles. The van der Waals surface area contributed by atoms with E-state index in [4.69, 9.17) is 4.74 Å². The van der Waals surface area contributed by atoms with Crippen molar-refractivity contribution in [2.75, 3.05) is 13.3 Å². The Morgan fingerprint density at radius 3 is 2.57 bits per heavy atom. The fraction of sp³-hybridized carbons (Fsp3) is 0.900. The van der Waals surface area contributed by atoms with Crippen LogP contribution in [0, 0.1) is 5.92 Å². The summed E-state index contributed by atoms with van der Waals surface area (Å²) in [6.45, 7) is 3.21. The van der Waals surface area contributed by atoms with E-state index in [9.17, 15) is 4.79 Å².